The molecule has 1 aliphatic carbocycles. The molecule has 0 unspecified atom stereocenters. The molecule has 3 aromatic rings. The van der Waals surface area contributed by atoms with Crippen LogP contribution in [0.3, 0.4) is 0 Å². The highest BCUT2D eigenvalue weighted by molar-refractivity contribution is 5.89. The summed E-state index contributed by atoms with van der Waals surface area (Å²) in [4.78, 5) is 59.1. The van der Waals surface area contributed by atoms with Gasteiger partial charge >= 0.3 is 6.09 Å². The lowest BCUT2D eigenvalue weighted by molar-refractivity contribution is -0.139. The quantitative estimate of drug-likeness (QED) is 0.286. The van der Waals surface area contributed by atoms with E-state index >= 15 is 0 Å². The summed E-state index contributed by atoms with van der Waals surface area (Å²) in [5.41, 5.74) is 1.47. The molecule has 13 nitrogen and oxygen atoms in total. The molecular weight excluding hydrogens is 614 g/mol. The fraction of sp³-hybridized carbons (Fsp3) is 0.571. The number of rotatable bonds is 6. The van der Waals surface area contributed by atoms with Gasteiger partial charge in [0.25, 0.3) is 0 Å². The van der Waals surface area contributed by atoms with Crippen LogP contribution in [0.5, 0.6) is 11.6 Å². The molecule has 2 aromatic heterocycles. The van der Waals surface area contributed by atoms with Crippen LogP contribution < -0.4 is 20.1 Å². The molecular formula is C35H45N7O6. The van der Waals surface area contributed by atoms with Crippen LogP contribution in [0.2, 0.25) is 0 Å². The number of carbonyl (C=O) groups is 3. The number of alkyl carbamates (subject to hydrolysis) is 1. The third-order valence-electron chi connectivity index (χ3n) is 9.42. The van der Waals surface area contributed by atoms with Crippen LogP contribution >= 0.6 is 0 Å². The van der Waals surface area contributed by atoms with E-state index in [2.05, 4.69) is 20.6 Å². The van der Waals surface area contributed by atoms with Crippen LogP contribution in [0.15, 0.2) is 36.7 Å². The number of anilines is 1. The first kappa shape index (κ1) is 33.4. The third kappa shape index (κ3) is 7.77. The SMILES string of the molecule is C[C@@H]1[C@@H]2CN(C(=O)[C@H](C(C)(C)C)NC(=O)O[C@@H]3C[C@H]3CCCCCc3nc4ccc(OCCNc5ncccn5)cc4nc3O2)[C@@H]1C=O. The van der Waals surface area contributed by atoms with Gasteiger partial charge in [-0.1, -0.05) is 40.5 Å². The molecule has 6 atom stereocenters. The number of aromatic nitrogens is 4. The largest absolute Gasteiger partial charge is 0.492 e. The van der Waals surface area contributed by atoms with E-state index in [1.165, 1.54) is 4.90 Å². The number of aldehydes is 1. The predicted octanol–water partition coefficient (Wildman–Crippen LogP) is 4.35. The molecule has 2 N–H and O–H groups in total. The van der Waals surface area contributed by atoms with Gasteiger partial charge in [0, 0.05) is 24.4 Å². The lowest BCUT2D eigenvalue weighted by Gasteiger charge is -2.34. The number of hydrogen-bond donors (Lipinski definition) is 2. The van der Waals surface area contributed by atoms with Gasteiger partial charge in [-0.25, -0.2) is 24.7 Å². The number of amides is 2. The van der Waals surface area contributed by atoms with Crippen LogP contribution in [0.25, 0.3) is 11.0 Å². The number of ether oxygens (including phenoxy) is 3. The Bertz CT molecular complexity index is 1620. The van der Waals surface area contributed by atoms with Crippen LogP contribution in [0.1, 0.15) is 65.5 Å². The number of hydrogen-bond acceptors (Lipinski definition) is 11. The van der Waals surface area contributed by atoms with E-state index in [1.807, 2.05) is 45.9 Å². The Morgan fingerprint density at radius 3 is 2.65 bits per heavy atom. The number of nitrogens with zero attached hydrogens (tertiary/aromatic N) is 5. The zero-order valence-electron chi connectivity index (χ0n) is 28.1. The van der Waals surface area contributed by atoms with E-state index in [-0.39, 0.29) is 24.5 Å². The third-order valence-corrected chi connectivity index (χ3v) is 9.42. The van der Waals surface area contributed by atoms with Crippen molar-refractivity contribution in [2.24, 2.45) is 17.3 Å². The number of aryl methyl sites for hydroxylation is 1. The van der Waals surface area contributed by atoms with E-state index < -0.39 is 29.7 Å². The minimum absolute atomic E-state index is 0.132. The van der Waals surface area contributed by atoms with E-state index in [9.17, 15) is 14.4 Å². The number of benzene rings is 1. The van der Waals surface area contributed by atoms with Gasteiger partial charge in [-0.3, -0.25) is 4.79 Å². The molecule has 256 valence electrons. The molecule has 3 aliphatic rings. The molecule has 13 heteroatoms. The van der Waals surface area contributed by atoms with Gasteiger partial charge < -0.3 is 34.5 Å². The van der Waals surface area contributed by atoms with Crippen molar-refractivity contribution in [3.8, 4) is 11.6 Å². The second-order valence-corrected chi connectivity index (χ2v) is 14.1. The van der Waals surface area contributed by atoms with Gasteiger partial charge in [0.05, 0.1) is 30.2 Å². The van der Waals surface area contributed by atoms with E-state index in [4.69, 9.17) is 24.2 Å². The van der Waals surface area contributed by atoms with Gasteiger partial charge in [0.1, 0.15) is 42.6 Å². The number of nitrogens with one attached hydrogen (secondary N) is 2. The molecule has 48 heavy (non-hydrogen) atoms. The molecule has 1 saturated heterocycles. The zero-order chi connectivity index (χ0) is 33.8. The minimum Gasteiger partial charge on any atom is -0.492 e. The molecule has 6 rings (SSSR count). The van der Waals surface area contributed by atoms with Crippen LogP contribution in [0.4, 0.5) is 10.7 Å². The van der Waals surface area contributed by atoms with Gasteiger partial charge in [0.2, 0.25) is 17.7 Å². The Hall–Kier alpha value is -4.55. The Labute approximate surface area is 280 Å². The van der Waals surface area contributed by atoms with Crippen LogP contribution in [-0.2, 0) is 20.7 Å². The number of carbonyl (C=O) groups excluding carboxylic acids is 3. The van der Waals surface area contributed by atoms with E-state index in [0.29, 0.717) is 48.6 Å². The maximum atomic E-state index is 14.0. The summed E-state index contributed by atoms with van der Waals surface area (Å²) in [7, 11) is 0. The molecule has 0 radical (unpaired) electrons. The van der Waals surface area contributed by atoms with Crippen molar-refractivity contribution < 1.29 is 28.6 Å². The fourth-order valence-corrected chi connectivity index (χ4v) is 6.48. The molecule has 1 aromatic carbocycles. The monoisotopic (exact) mass is 659 g/mol. The van der Waals surface area contributed by atoms with Gasteiger partial charge in [-0.15, -0.1) is 0 Å². The zero-order valence-corrected chi connectivity index (χ0v) is 28.1. The Kier molecular flexibility index (Phi) is 9.93. The lowest BCUT2D eigenvalue weighted by atomic mass is 9.85. The summed E-state index contributed by atoms with van der Waals surface area (Å²) in [6, 6.07) is 5.75. The Morgan fingerprint density at radius 2 is 1.88 bits per heavy atom. The second-order valence-electron chi connectivity index (χ2n) is 14.1. The van der Waals surface area contributed by atoms with Crippen LogP contribution in [-0.4, -0.2) is 87.1 Å². The van der Waals surface area contributed by atoms with Gasteiger partial charge in [-0.2, -0.15) is 0 Å². The summed E-state index contributed by atoms with van der Waals surface area (Å²) >= 11 is 0. The van der Waals surface area contributed by atoms with Crippen molar-refractivity contribution in [3.63, 3.8) is 0 Å². The standard InChI is InChI=1S/C35H45N7O6/c1-21-27(20-43)42-19-29(21)47-31-25(10-7-5-6-9-22-17-28(22)48-34(45)41-30(32(42)44)35(2,3)4)39-24-12-11-23(18-26(24)40-31)46-16-15-38-33-36-13-8-14-37-33/h8,11-14,18,20-22,27-30H,5-7,9-10,15-17,19H2,1-4H3,(H,41,45)(H,36,37,38)/t21-,22+,27+,28+,29-,30+/m0/s1. The van der Waals surface area contributed by atoms with Gasteiger partial charge in [0.15, 0.2) is 0 Å². The topological polar surface area (TPSA) is 158 Å². The van der Waals surface area contributed by atoms with Crippen molar-refractivity contribution in [2.75, 3.05) is 25.0 Å². The molecule has 2 fully saturated rings. The molecule has 2 bridgehead atoms. The highest BCUT2D eigenvalue weighted by Crippen LogP contribution is 2.39. The van der Waals surface area contributed by atoms with Crippen molar-refractivity contribution in [2.45, 2.75) is 90.5 Å². The second kappa shape index (κ2) is 14.3. The Balaban J connectivity index is 1.25. The van der Waals surface area contributed by atoms with Crippen molar-refractivity contribution in [1.29, 1.82) is 0 Å². The Morgan fingerprint density at radius 1 is 1.06 bits per heavy atom. The summed E-state index contributed by atoms with van der Waals surface area (Å²) in [5, 5.41) is 5.95. The minimum atomic E-state index is -0.889. The van der Waals surface area contributed by atoms with Crippen molar-refractivity contribution >= 4 is 35.3 Å². The fourth-order valence-electron chi connectivity index (χ4n) is 6.48. The average Bonchev–Trinajstić information content (AvgIpc) is 3.72. The average molecular weight is 660 g/mol. The number of fused-ring (bicyclic) bond motifs is 5. The van der Waals surface area contributed by atoms with Crippen molar-refractivity contribution in [1.82, 2.24) is 30.2 Å². The summed E-state index contributed by atoms with van der Waals surface area (Å²) in [6.07, 6.45) is 8.25. The first-order chi connectivity index (χ1) is 23.1. The van der Waals surface area contributed by atoms with Crippen molar-refractivity contribution in [3.05, 3.63) is 42.4 Å². The first-order valence-electron chi connectivity index (χ1n) is 16.9. The highest BCUT2D eigenvalue weighted by Gasteiger charge is 2.48. The van der Waals surface area contributed by atoms with E-state index in [0.717, 1.165) is 49.6 Å². The summed E-state index contributed by atoms with van der Waals surface area (Å²) in [6.45, 7) is 8.62. The summed E-state index contributed by atoms with van der Waals surface area (Å²) < 4.78 is 18.2. The maximum Gasteiger partial charge on any atom is 0.408 e. The van der Waals surface area contributed by atoms with E-state index in [1.54, 1.807) is 18.5 Å². The summed E-state index contributed by atoms with van der Waals surface area (Å²) in [5.74, 6) is 1.23. The van der Waals surface area contributed by atoms with Gasteiger partial charge in [-0.05, 0) is 55.2 Å². The maximum absolute atomic E-state index is 14.0. The molecule has 1 saturated carbocycles. The highest BCUT2D eigenvalue weighted by atomic mass is 16.6. The molecule has 0 spiro atoms. The molecule has 4 heterocycles. The molecule has 2 aliphatic heterocycles. The lowest BCUT2D eigenvalue weighted by Crippen LogP contribution is -2.56. The van der Waals surface area contributed by atoms with Crippen LogP contribution in [0, 0.1) is 17.3 Å². The predicted molar refractivity (Wildman–Crippen MR) is 178 cm³/mol. The smallest absolute Gasteiger partial charge is 0.408 e. The normalized spacial score (nSPS) is 26.5. The first-order valence-corrected chi connectivity index (χ1v) is 16.9. The molecule has 2 amide bonds.